The summed E-state index contributed by atoms with van der Waals surface area (Å²) in [6, 6.07) is 19.8. The van der Waals surface area contributed by atoms with Crippen LogP contribution in [-0.2, 0) is 11.3 Å². The van der Waals surface area contributed by atoms with E-state index in [0.717, 1.165) is 0 Å². The van der Waals surface area contributed by atoms with E-state index in [2.05, 4.69) is 20.3 Å². The first-order chi connectivity index (χ1) is 18.6. The van der Waals surface area contributed by atoms with E-state index in [-0.39, 0.29) is 24.4 Å². The third-order valence-corrected chi connectivity index (χ3v) is 5.71. The summed E-state index contributed by atoms with van der Waals surface area (Å²) < 4.78 is 16.6. The molecule has 1 fully saturated rings. The number of carbonyl (C=O) groups is 2. The zero-order chi connectivity index (χ0) is 26.2. The molecule has 2 amide bonds. The molecule has 3 heterocycles. The Balaban J connectivity index is 1.10. The maximum atomic E-state index is 12.6. The summed E-state index contributed by atoms with van der Waals surface area (Å²) in [6.07, 6.45) is 4.38. The first-order valence-electron chi connectivity index (χ1n) is 12.1. The SMILES string of the molecule is O=C(Nc1ccc(OCc2ccc(C(=O)N3CCOCC3)cn2)cc1)c1cnc(Oc2ccccc2)nc1. The number of hydrogen-bond acceptors (Lipinski definition) is 8. The number of ether oxygens (including phenoxy) is 3. The van der Waals surface area contributed by atoms with Crippen LogP contribution in [0, 0.1) is 0 Å². The summed E-state index contributed by atoms with van der Waals surface area (Å²) in [5.74, 6) is 0.831. The minimum atomic E-state index is -0.346. The van der Waals surface area contributed by atoms with Crippen LogP contribution in [0.1, 0.15) is 26.4 Å². The number of morpholine rings is 1. The third kappa shape index (κ3) is 6.48. The van der Waals surface area contributed by atoms with Crippen molar-refractivity contribution in [1.29, 1.82) is 0 Å². The van der Waals surface area contributed by atoms with Crippen molar-refractivity contribution in [2.45, 2.75) is 6.61 Å². The maximum absolute atomic E-state index is 12.6. The molecular weight excluding hydrogens is 486 g/mol. The molecule has 1 N–H and O–H groups in total. The van der Waals surface area contributed by atoms with Gasteiger partial charge >= 0.3 is 6.01 Å². The number of carbonyl (C=O) groups excluding carboxylic acids is 2. The fourth-order valence-electron chi connectivity index (χ4n) is 3.66. The molecule has 10 nitrogen and oxygen atoms in total. The first-order valence-corrected chi connectivity index (χ1v) is 12.1. The van der Waals surface area contributed by atoms with Gasteiger partial charge in [0, 0.05) is 37.4 Å². The Morgan fingerprint density at radius 1 is 0.816 bits per heavy atom. The zero-order valence-corrected chi connectivity index (χ0v) is 20.4. The topological polar surface area (TPSA) is 116 Å². The van der Waals surface area contributed by atoms with E-state index >= 15 is 0 Å². The average molecular weight is 512 g/mol. The molecule has 38 heavy (non-hydrogen) atoms. The van der Waals surface area contributed by atoms with E-state index in [1.165, 1.54) is 12.4 Å². The lowest BCUT2D eigenvalue weighted by atomic mass is 10.2. The summed E-state index contributed by atoms with van der Waals surface area (Å²) >= 11 is 0. The molecule has 0 atom stereocenters. The van der Waals surface area contributed by atoms with Gasteiger partial charge in [0.2, 0.25) is 0 Å². The van der Waals surface area contributed by atoms with Crippen LogP contribution in [0.2, 0.25) is 0 Å². The first kappa shape index (κ1) is 24.8. The second kappa shape index (κ2) is 11.9. The molecule has 5 rings (SSSR count). The summed E-state index contributed by atoms with van der Waals surface area (Å²) in [7, 11) is 0. The molecule has 0 radical (unpaired) electrons. The van der Waals surface area contributed by atoms with Gasteiger partial charge in [-0.1, -0.05) is 18.2 Å². The lowest BCUT2D eigenvalue weighted by Crippen LogP contribution is -2.40. The fraction of sp³-hybridized carbons (Fsp3) is 0.179. The number of amides is 2. The van der Waals surface area contributed by atoms with Crippen LogP contribution in [-0.4, -0.2) is 58.0 Å². The molecule has 0 bridgehead atoms. The second-order valence-electron chi connectivity index (χ2n) is 8.38. The zero-order valence-electron chi connectivity index (χ0n) is 20.4. The van der Waals surface area contributed by atoms with E-state index in [1.807, 2.05) is 18.2 Å². The van der Waals surface area contributed by atoms with Gasteiger partial charge < -0.3 is 24.4 Å². The van der Waals surface area contributed by atoms with Crippen molar-refractivity contribution in [3.63, 3.8) is 0 Å². The Hall–Kier alpha value is -4.83. The lowest BCUT2D eigenvalue weighted by Gasteiger charge is -2.26. The molecule has 2 aromatic carbocycles. The van der Waals surface area contributed by atoms with Gasteiger partial charge in [-0.05, 0) is 48.5 Å². The molecule has 1 aliphatic rings. The van der Waals surface area contributed by atoms with E-state index in [0.29, 0.717) is 60.3 Å². The van der Waals surface area contributed by atoms with E-state index in [1.54, 1.807) is 59.6 Å². The molecule has 192 valence electrons. The number of aromatic nitrogens is 3. The summed E-state index contributed by atoms with van der Waals surface area (Å²) in [4.78, 5) is 39.4. The van der Waals surface area contributed by atoms with Gasteiger partial charge in [0.15, 0.2) is 0 Å². The van der Waals surface area contributed by atoms with Gasteiger partial charge in [-0.2, -0.15) is 0 Å². The highest BCUT2D eigenvalue weighted by Crippen LogP contribution is 2.19. The minimum absolute atomic E-state index is 0.0473. The molecule has 0 saturated carbocycles. The van der Waals surface area contributed by atoms with Crippen LogP contribution in [0.3, 0.4) is 0 Å². The highest BCUT2D eigenvalue weighted by molar-refractivity contribution is 6.03. The van der Waals surface area contributed by atoms with Crippen LogP contribution in [0.25, 0.3) is 0 Å². The Kier molecular flexibility index (Phi) is 7.80. The van der Waals surface area contributed by atoms with Gasteiger partial charge in [0.05, 0.1) is 30.0 Å². The van der Waals surface area contributed by atoms with Gasteiger partial charge in [-0.25, -0.2) is 9.97 Å². The molecule has 2 aromatic heterocycles. The van der Waals surface area contributed by atoms with Crippen molar-refractivity contribution in [3.8, 4) is 17.5 Å². The van der Waals surface area contributed by atoms with Gasteiger partial charge in [-0.15, -0.1) is 0 Å². The molecule has 1 aliphatic heterocycles. The molecule has 0 aliphatic carbocycles. The van der Waals surface area contributed by atoms with E-state index in [9.17, 15) is 9.59 Å². The Morgan fingerprint density at radius 2 is 1.53 bits per heavy atom. The molecule has 4 aromatic rings. The number of para-hydroxylation sites is 1. The predicted octanol–water partition coefficient (Wildman–Crippen LogP) is 3.97. The Labute approximate surface area is 219 Å². The van der Waals surface area contributed by atoms with E-state index in [4.69, 9.17) is 14.2 Å². The van der Waals surface area contributed by atoms with Crippen LogP contribution in [0.4, 0.5) is 5.69 Å². The largest absolute Gasteiger partial charge is 0.487 e. The standard InChI is InChI=1S/C28H25N5O5/c34-26(21-17-30-28(31-18-21)38-25-4-2-1-3-5-25)32-22-8-10-24(11-9-22)37-19-23-7-6-20(16-29-23)27(35)33-12-14-36-15-13-33/h1-11,16-18H,12-15,19H2,(H,32,34). The highest BCUT2D eigenvalue weighted by Gasteiger charge is 2.18. The second-order valence-corrected chi connectivity index (χ2v) is 8.38. The van der Waals surface area contributed by atoms with Crippen molar-refractivity contribution in [2.75, 3.05) is 31.6 Å². The van der Waals surface area contributed by atoms with Gasteiger partial charge in [-0.3, -0.25) is 14.6 Å². The van der Waals surface area contributed by atoms with Crippen molar-refractivity contribution in [1.82, 2.24) is 19.9 Å². The van der Waals surface area contributed by atoms with Crippen molar-refractivity contribution in [3.05, 3.63) is 102 Å². The number of anilines is 1. The summed E-state index contributed by atoms with van der Waals surface area (Å²) in [5.41, 5.74) is 2.13. The number of pyridine rings is 1. The van der Waals surface area contributed by atoms with Gasteiger partial charge in [0.1, 0.15) is 18.1 Å². The van der Waals surface area contributed by atoms with E-state index < -0.39 is 0 Å². The Morgan fingerprint density at radius 3 is 2.21 bits per heavy atom. The van der Waals surface area contributed by atoms with Crippen LogP contribution in [0.15, 0.2) is 85.3 Å². The minimum Gasteiger partial charge on any atom is -0.487 e. The molecule has 0 spiro atoms. The molecule has 0 unspecified atom stereocenters. The van der Waals surface area contributed by atoms with Crippen LogP contribution < -0.4 is 14.8 Å². The molecule has 10 heteroatoms. The smallest absolute Gasteiger partial charge is 0.321 e. The predicted molar refractivity (Wildman–Crippen MR) is 138 cm³/mol. The average Bonchev–Trinajstić information content (AvgIpc) is 2.98. The fourth-order valence-corrected chi connectivity index (χ4v) is 3.66. The maximum Gasteiger partial charge on any atom is 0.321 e. The lowest BCUT2D eigenvalue weighted by molar-refractivity contribution is 0.0302. The van der Waals surface area contributed by atoms with Crippen molar-refractivity contribution < 1.29 is 23.8 Å². The number of nitrogens with one attached hydrogen (secondary N) is 1. The number of rotatable bonds is 8. The number of hydrogen-bond donors (Lipinski definition) is 1. The van der Waals surface area contributed by atoms with Crippen molar-refractivity contribution in [2.24, 2.45) is 0 Å². The van der Waals surface area contributed by atoms with Crippen molar-refractivity contribution >= 4 is 17.5 Å². The normalized spacial score (nSPS) is 13.0. The Bertz CT molecular complexity index is 1360. The molecule has 1 saturated heterocycles. The molecular formula is C28H25N5O5. The number of benzene rings is 2. The summed E-state index contributed by atoms with van der Waals surface area (Å²) in [5, 5.41) is 2.80. The summed E-state index contributed by atoms with van der Waals surface area (Å²) in [6.45, 7) is 2.53. The monoisotopic (exact) mass is 511 g/mol. The van der Waals surface area contributed by atoms with Crippen LogP contribution in [0.5, 0.6) is 17.5 Å². The highest BCUT2D eigenvalue weighted by atomic mass is 16.5. The third-order valence-electron chi connectivity index (χ3n) is 5.71. The quantitative estimate of drug-likeness (QED) is 0.378. The van der Waals surface area contributed by atoms with Crippen LogP contribution >= 0.6 is 0 Å². The van der Waals surface area contributed by atoms with Gasteiger partial charge in [0.25, 0.3) is 11.8 Å². The number of nitrogens with zero attached hydrogens (tertiary/aromatic N) is 4.